The SMILES string of the molecule is COC(=O)c1c(OCC2CC(=O)N(C)C2)cc(=O)n2c1CCN(Cc1cc(C)cc(C)c1)CC2. The largest absolute Gasteiger partial charge is 0.492 e. The summed E-state index contributed by atoms with van der Waals surface area (Å²) in [7, 11) is 3.10. The number of nitrogens with zero attached hydrogens (tertiary/aromatic N) is 3. The molecule has 1 unspecified atom stereocenters. The van der Waals surface area contributed by atoms with E-state index in [2.05, 4.69) is 36.9 Å². The maximum Gasteiger partial charge on any atom is 0.343 e. The predicted octanol–water partition coefficient (Wildman–Crippen LogP) is 2.17. The number of rotatable bonds is 6. The van der Waals surface area contributed by atoms with Gasteiger partial charge in [0.1, 0.15) is 11.3 Å². The molecule has 2 aliphatic rings. The summed E-state index contributed by atoms with van der Waals surface area (Å²) in [6, 6.07) is 7.92. The molecule has 182 valence electrons. The van der Waals surface area contributed by atoms with Gasteiger partial charge >= 0.3 is 5.97 Å². The van der Waals surface area contributed by atoms with Crippen molar-refractivity contribution in [3.05, 3.63) is 62.6 Å². The second kappa shape index (κ2) is 10.0. The van der Waals surface area contributed by atoms with Crippen LogP contribution >= 0.6 is 0 Å². The number of hydrogen-bond donors (Lipinski definition) is 0. The van der Waals surface area contributed by atoms with E-state index in [9.17, 15) is 14.4 Å². The molecule has 1 atom stereocenters. The van der Waals surface area contributed by atoms with Gasteiger partial charge in [-0.2, -0.15) is 0 Å². The molecule has 0 bridgehead atoms. The van der Waals surface area contributed by atoms with E-state index < -0.39 is 5.97 Å². The Morgan fingerprint density at radius 3 is 2.44 bits per heavy atom. The number of likely N-dealkylation sites (tertiary alicyclic amines) is 1. The third kappa shape index (κ3) is 5.17. The molecule has 3 heterocycles. The molecule has 1 amide bonds. The number of aromatic nitrogens is 1. The molecule has 2 aromatic rings. The van der Waals surface area contributed by atoms with E-state index in [1.165, 1.54) is 29.9 Å². The minimum atomic E-state index is -0.513. The summed E-state index contributed by atoms with van der Waals surface area (Å²) in [5.41, 5.74) is 4.48. The fourth-order valence-corrected chi connectivity index (χ4v) is 5.08. The molecular weight excluding hydrogens is 434 g/mol. The number of benzene rings is 1. The Morgan fingerprint density at radius 1 is 1.06 bits per heavy atom. The summed E-state index contributed by atoms with van der Waals surface area (Å²) >= 11 is 0. The predicted molar refractivity (Wildman–Crippen MR) is 128 cm³/mol. The van der Waals surface area contributed by atoms with Gasteiger partial charge < -0.3 is 18.9 Å². The number of carbonyl (C=O) groups excluding carboxylic acids is 2. The molecule has 0 N–H and O–H groups in total. The maximum absolute atomic E-state index is 13.0. The van der Waals surface area contributed by atoms with Crippen molar-refractivity contribution in [2.24, 2.45) is 5.92 Å². The fraction of sp³-hybridized carbons (Fsp3) is 0.500. The molecule has 0 radical (unpaired) electrons. The number of amides is 1. The lowest BCUT2D eigenvalue weighted by Crippen LogP contribution is -2.29. The van der Waals surface area contributed by atoms with Crippen LogP contribution in [0.1, 0.15) is 39.2 Å². The standard InChI is InChI=1S/C26H33N3O5/c1-17-9-18(2)11-19(10-17)15-28-6-5-21-25(26(32)33-4)22(13-24(31)29(21)8-7-28)34-16-20-12-23(30)27(3)14-20/h9-11,13,20H,5-8,12,14-16H2,1-4H3. The second-order valence-corrected chi connectivity index (χ2v) is 9.49. The first-order valence-corrected chi connectivity index (χ1v) is 11.8. The molecule has 34 heavy (non-hydrogen) atoms. The van der Waals surface area contributed by atoms with Gasteiger partial charge in [0, 0.05) is 70.3 Å². The van der Waals surface area contributed by atoms with Crippen LogP contribution < -0.4 is 10.3 Å². The summed E-state index contributed by atoms with van der Waals surface area (Å²) in [6.45, 7) is 7.75. The Kier molecular flexibility index (Phi) is 7.07. The first kappa shape index (κ1) is 24.0. The van der Waals surface area contributed by atoms with Crippen molar-refractivity contribution in [1.29, 1.82) is 0 Å². The summed E-state index contributed by atoms with van der Waals surface area (Å²) < 4.78 is 12.7. The van der Waals surface area contributed by atoms with Gasteiger partial charge in [-0.15, -0.1) is 0 Å². The molecule has 1 fully saturated rings. The van der Waals surface area contributed by atoms with Gasteiger partial charge in [-0.25, -0.2) is 4.79 Å². The summed E-state index contributed by atoms with van der Waals surface area (Å²) in [5, 5.41) is 0. The third-order valence-electron chi connectivity index (χ3n) is 6.66. The van der Waals surface area contributed by atoms with Crippen LogP contribution in [-0.2, 0) is 29.0 Å². The van der Waals surface area contributed by atoms with Crippen molar-refractivity contribution < 1.29 is 19.1 Å². The van der Waals surface area contributed by atoms with Crippen molar-refractivity contribution in [3.8, 4) is 5.75 Å². The quantitative estimate of drug-likeness (QED) is 0.606. The van der Waals surface area contributed by atoms with Gasteiger partial charge in [-0.3, -0.25) is 14.5 Å². The van der Waals surface area contributed by atoms with E-state index in [0.717, 1.165) is 6.54 Å². The van der Waals surface area contributed by atoms with Gasteiger partial charge in [-0.1, -0.05) is 29.3 Å². The van der Waals surface area contributed by atoms with Crippen molar-refractivity contribution in [3.63, 3.8) is 0 Å². The van der Waals surface area contributed by atoms with Crippen molar-refractivity contribution >= 4 is 11.9 Å². The van der Waals surface area contributed by atoms with Crippen LogP contribution in [0.15, 0.2) is 29.1 Å². The van der Waals surface area contributed by atoms with E-state index in [1.54, 1.807) is 16.5 Å². The normalized spacial score (nSPS) is 18.5. The van der Waals surface area contributed by atoms with Crippen LogP contribution in [0, 0.1) is 19.8 Å². The topological polar surface area (TPSA) is 81.1 Å². The smallest absolute Gasteiger partial charge is 0.343 e. The number of ether oxygens (including phenoxy) is 2. The maximum atomic E-state index is 13.0. The van der Waals surface area contributed by atoms with E-state index >= 15 is 0 Å². The molecule has 2 aliphatic heterocycles. The Bertz CT molecular complexity index is 1140. The number of methoxy groups -OCH3 is 1. The second-order valence-electron chi connectivity index (χ2n) is 9.49. The van der Waals surface area contributed by atoms with E-state index in [1.807, 2.05) is 0 Å². The van der Waals surface area contributed by atoms with Gasteiger partial charge in [0.2, 0.25) is 5.91 Å². The first-order chi connectivity index (χ1) is 16.2. The highest BCUT2D eigenvalue weighted by Gasteiger charge is 2.30. The molecule has 1 saturated heterocycles. The zero-order chi connectivity index (χ0) is 24.4. The Hall–Kier alpha value is -3.13. The highest BCUT2D eigenvalue weighted by molar-refractivity contribution is 5.93. The highest BCUT2D eigenvalue weighted by Crippen LogP contribution is 2.26. The van der Waals surface area contributed by atoms with Crippen LogP contribution in [0.3, 0.4) is 0 Å². The Morgan fingerprint density at radius 2 is 1.79 bits per heavy atom. The zero-order valence-electron chi connectivity index (χ0n) is 20.4. The molecule has 0 aliphatic carbocycles. The lowest BCUT2D eigenvalue weighted by atomic mass is 10.1. The van der Waals surface area contributed by atoms with Crippen molar-refractivity contribution in [1.82, 2.24) is 14.4 Å². The van der Waals surface area contributed by atoms with Crippen LogP contribution in [0.4, 0.5) is 0 Å². The fourth-order valence-electron chi connectivity index (χ4n) is 5.08. The molecule has 1 aromatic heterocycles. The molecule has 4 rings (SSSR count). The third-order valence-corrected chi connectivity index (χ3v) is 6.66. The molecular formula is C26H33N3O5. The minimum Gasteiger partial charge on any atom is -0.492 e. The molecule has 8 nitrogen and oxygen atoms in total. The average Bonchev–Trinajstić information content (AvgIpc) is 2.96. The number of esters is 1. The van der Waals surface area contributed by atoms with Crippen LogP contribution in [0.5, 0.6) is 5.75 Å². The van der Waals surface area contributed by atoms with Crippen LogP contribution in [0.2, 0.25) is 0 Å². The molecule has 0 spiro atoms. The van der Waals surface area contributed by atoms with Crippen molar-refractivity contribution in [2.75, 3.05) is 40.4 Å². The number of carbonyl (C=O) groups is 2. The lowest BCUT2D eigenvalue weighted by molar-refractivity contribution is -0.126. The highest BCUT2D eigenvalue weighted by atomic mass is 16.5. The first-order valence-electron chi connectivity index (χ1n) is 11.8. The Balaban J connectivity index is 1.57. The summed E-state index contributed by atoms with van der Waals surface area (Å²) in [4.78, 5) is 41.6. The number of hydrogen-bond acceptors (Lipinski definition) is 6. The monoisotopic (exact) mass is 467 g/mol. The average molecular weight is 468 g/mol. The van der Waals surface area contributed by atoms with Gasteiger partial charge in [0.15, 0.2) is 0 Å². The lowest BCUT2D eigenvalue weighted by Gasteiger charge is -2.20. The Labute approximate surface area is 200 Å². The van der Waals surface area contributed by atoms with Crippen molar-refractivity contribution in [2.45, 2.75) is 39.8 Å². The number of fused-ring (bicyclic) bond motifs is 1. The van der Waals surface area contributed by atoms with Crippen LogP contribution in [-0.4, -0.2) is 66.6 Å². The number of pyridine rings is 1. The van der Waals surface area contributed by atoms with Gasteiger partial charge in [0.25, 0.3) is 5.56 Å². The molecule has 8 heteroatoms. The minimum absolute atomic E-state index is 0.0258. The zero-order valence-corrected chi connectivity index (χ0v) is 20.4. The van der Waals surface area contributed by atoms with Gasteiger partial charge in [0.05, 0.1) is 13.7 Å². The van der Waals surface area contributed by atoms with E-state index in [-0.39, 0.29) is 29.7 Å². The number of aryl methyl sites for hydroxylation is 2. The summed E-state index contributed by atoms with van der Waals surface area (Å²) in [6.07, 6.45) is 0.938. The molecule has 0 saturated carbocycles. The van der Waals surface area contributed by atoms with Crippen LogP contribution in [0.25, 0.3) is 0 Å². The van der Waals surface area contributed by atoms with E-state index in [4.69, 9.17) is 9.47 Å². The van der Waals surface area contributed by atoms with E-state index in [0.29, 0.717) is 50.3 Å². The van der Waals surface area contributed by atoms with Gasteiger partial charge in [-0.05, 0) is 19.4 Å². The summed E-state index contributed by atoms with van der Waals surface area (Å²) in [5.74, 6) is -0.167. The molecule has 1 aromatic carbocycles.